The summed E-state index contributed by atoms with van der Waals surface area (Å²) in [7, 11) is 0. The van der Waals surface area contributed by atoms with E-state index in [-0.39, 0.29) is 29.5 Å². The second-order valence-corrected chi connectivity index (χ2v) is 7.49. The zero-order valence-electron chi connectivity index (χ0n) is 14.9. The van der Waals surface area contributed by atoms with Crippen LogP contribution >= 0.6 is 24.0 Å². The van der Waals surface area contributed by atoms with Gasteiger partial charge in [-0.05, 0) is 27.2 Å². The lowest BCUT2D eigenvalue weighted by Gasteiger charge is -2.62. The van der Waals surface area contributed by atoms with Crippen LogP contribution in [0.1, 0.15) is 52.7 Å². The second kappa shape index (κ2) is 6.57. The number of aliphatic imine (C=N–C) groups is 1. The molecule has 130 valence electrons. The van der Waals surface area contributed by atoms with Crippen molar-refractivity contribution in [2.75, 3.05) is 13.1 Å². The van der Waals surface area contributed by atoms with E-state index in [2.05, 4.69) is 59.6 Å². The molecule has 1 N–H and O–H groups in total. The molecule has 0 spiro atoms. The molecular weight excluding hydrogens is 403 g/mol. The first-order chi connectivity index (χ1) is 10.4. The van der Waals surface area contributed by atoms with Crippen LogP contribution in [0.4, 0.5) is 0 Å². The minimum absolute atomic E-state index is 0. The summed E-state index contributed by atoms with van der Waals surface area (Å²) in [6, 6.07) is 0. The van der Waals surface area contributed by atoms with E-state index in [4.69, 9.17) is 4.99 Å². The smallest absolute Gasteiger partial charge is 0.194 e. The summed E-state index contributed by atoms with van der Waals surface area (Å²) in [5, 5.41) is 12.0. The van der Waals surface area contributed by atoms with Gasteiger partial charge in [0.1, 0.15) is 12.4 Å². The number of guanidine groups is 1. The Morgan fingerprint density at radius 3 is 2.61 bits per heavy atom. The van der Waals surface area contributed by atoms with Gasteiger partial charge in [0.15, 0.2) is 11.8 Å². The van der Waals surface area contributed by atoms with Crippen molar-refractivity contribution in [1.29, 1.82) is 0 Å². The lowest BCUT2D eigenvalue weighted by Crippen LogP contribution is -2.72. The normalized spacial score (nSPS) is 21.4. The Morgan fingerprint density at radius 1 is 1.26 bits per heavy atom. The molecule has 0 amide bonds. The van der Waals surface area contributed by atoms with E-state index in [9.17, 15) is 0 Å². The molecule has 1 fully saturated rings. The molecule has 0 aromatic carbocycles. The van der Waals surface area contributed by atoms with Gasteiger partial charge in [0.05, 0.1) is 0 Å². The van der Waals surface area contributed by atoms with Crippen LogP contribution in [0.5, 0.6) is 0 Å². The van der Waals surface area contributed by atoms with Crippen molar-refractivity contribution in [3.8, 4) is 0 Å². The van der Waals surface area contributed by atoms with Crippen LogP contribution in [-0.2, 0) is 19.5 Å². The van der Waals surface area contributed by atoms with Crippen molar-refractivity contribution in [1.82, 2.24) is 25.0 Å². The molecule has 3 rings (SSSR count). The first-order valence-corrected chi connectivity index (χ1v) is 8.34. The molecule has 0 saturated carbocycles. The molecule has 2 aliphatic rings. The van der Waals surface area contributed by atoms with Gasteiger partial charge < -0.3 is 14.8 Å². The summed E-state index contributed by atoms with van der Waals surface area (Å²) in [6.07, 6.45) is 2.22. The molecule has 1 aromatic heterocycles. The van der Waals surface area contributed by atoms with Crippen LogP contribution in [0, 0.1) is 5.41 Å². The average Bonchev–Trinajstić information content (AvgIpc) is 3.05. The second-order valence-electron chi connectivity index (χ2n) is 7.49. The molecule has 3 heterocycles. The Hall–Kier alpha value is -0.860. The number of aryl methyl sites for hydroxylation is 1. The Morgan fingerprint density at radius 2 is 2.00 bits per heavy atom. The van der Waals surface area contributed by atoms with E-state index >= 15 is 0 Å². The van der Waals surface area contributed by atoms with E-state index in [1.165, 1.54) is 6.42 Å². The molecule has 0 bridgehead atoms. The predicted octanol–water partition coefficient (Wildman–Crippen LogP) is 2.43. The highest BCUT2D eigenvalue weighted by molar-refractivity contribution is 14.0. The third-order valence-corrected chi connectivity index (χ3v) is 5.53. The number of hydrogen-bond donors (Lipinski definition) is 1. The number of halogens is 1. The van der Waals surface area contributed by atoms with Gasteiger partial charge in [-0.1, -0.05) is 13.8 Å². The van der Waals surface area contributed by atoms with Crippen molar-refractivity contribution >= 4 is 29.9 Å². The number of likely N-dealkylation sites (tertiary alicyclic amines) is 1. The molecule has 23 heavy (non-hydrogen) atoms. The maximum Gasteiger partial charge on any atom is 0.194 e. The van der Waals surface area contributed by atoms with Crippen molar-refractivity contribution in [2.45, 2.75) is 66.1 Å². The minimum atomic E-state index is 0. The van der Waals surface area contributed by atoms with E-state index in [0.29, 0.717) is 12.0 Å². The summed E-state index contributed by atoms with van der Waals surface area (Å²) in [4.78, 5) is 7.20. The van der Waals surface area contributed by atoms with Crippen LogP contribution < -0.4 is 5.32 Å². The summed E-state index contributed by atoms with van der Waals surface area (Å²) in [6.45, 7) is 14.9. The van der Waals surface area contributed by atoms with Crippen molar-refractivity contribution in [3.05, 3.63) is 11.6 Å². The maximum atomic E-state index is 4.82. The Kier molecular flexibility index (Phi) is 5.27. The van der Waals surface area contributed by atoms with E-state index in [1.807, 2.05) is 0 Å². The predicted molar refractivity (Wildman–Crippen MR) is 103 cm³/mol. The van der Waals surface area contributed by atoms with E-state index < -0.39 is 0 Å². The lowest BCUT2D eigenvalue weighted by atomic mass is 9.65. The maximum absolute atomic E-state index is 4.82. The molecule has 1 saturated heterocycles. The molecule has 6 nitrogen and oxygen atoms in total. The van der Waals surface area contributed by atoms with E-state index in [1.54, 1.807) is 0 Å². The number of nitrogens with one attached hydrogen (secondary N) is 1. The number of hydrogen-bond acceptors (Lipinski definition) is 3. The highest BCUT2D eigenvalue weighted by atomic mass is 127. The molecule has 1 aromatic rings. The summed E-state index contributed by atoms with van der Waals surface area (Å²) in [5.74, 6) is 3.09. The average molecular weight is 432 g/mol. The van der Waals surface area contributed by atoms with Gasteiger partial charge in [0.2, 0.25) is 0 Å². The lowest BCUT2D eigenvalue weighted by molar-refractivity contribution is -0.0668. The highest BCUT2D eigenvalue weighted by Gasteiger charge is 2.53. The largest absolute Gasteiger partial charge is 0.356 e. The molecular formula is C16H29IN6. The highest BCUT2D eigenvalue weighted by Crippen LogP contribution is 2.46. The van der Waals surface area contributed by atoms with Crippen molar-refractivity contribution in [3.63, 3.8) is 0 Å². The number of nitrogens with zero attached hydrogens (tertiary/aromatic N) is 5. The first kappa shape index (κ1) is 18.5. The standard InChI is InChI=1S/C16H28N6.HI/c1-6-17-14(22-11-15(2,3)16(22,4)5)18-10-13-20-19-12-8-7-9-21(12)13;/h6-11H2,1-5H3,(H,17,18);1H. The third kappa shape index (κ3) is 3.08. The van der Waals surface area contributed by atoms with Gasteiger partial charge in [0.25, 0.3) is 0 Å². The molecule has 2 aliphatic heterocycles. The molecule has 0 unspecified atom stereocenters. The Bertz CT molecular complexity index is 589. The van der Waals surface area contributed by atoms with Crippen LogP contribution in [0.3, 0.4) is 0 Å². The molecule has 0 aliphatic carbocycles. The van der Waals surface area contributed by atoms with Gasteiger partial charge in [-0.2, -0.15) is 0 Å². The Balaban J connectivity index is 0.00000192. The Labute approximate surface area is 156 Å². The van der Waals surface area contributed by atoms with E-state index in [0.717, 1.165) is 43.7 Å². The fourth-order valence-electron chi connectivity index (χ4n) is 3.27. The topological polar surface area (TPSA) is 58.3 Å². The summed E-state index contributed by atoms with van der Waals surface area (Å²) in [5.41, 5.74) is 0.417. The number of rotatable bonds is 3. The van der Waals surface area contributed by atoms with Gasteiger partial charge in [-0.25, -0.2) is 4.99 Å². The van der Waals surface area contributed by atoms with Crippen LogP contribution in [0.25, 0.3) is 0 Å². The number of fused-ring (bicyclic) bond motifs is 1. The summed E-state index contributed by atoms with van der Waals surface area (Å²) >= 11 is 0. The fraction of sp³-hybridized carbons (Fsp3) is 0.812. The molecule has 7 heteroatoms. The monoisotopic (exact) mass is 432 g/mol. The number of aromatic nitrogens is 3. The van der Waals surface area contributed by atoms with Crippen LogP contribution in [0.15, 0.2) is 4.99 Å². The summed E-state index contributed by atoms with van der Waals surface area (Å²) < 4.78 is 2.22. The van der Waals surface area contributed by atoms with Crippen molar-refractivity contribution in [2.24, 2.45) is 10.4 Å². The van der Waals surface area contributed by atoms with Gasteiger partial charge >= 0.3 is 0 Å². The van der Waals surface area contributed by atoms with Gasteiger partial charge in [-0.15, -0.1) is 34.2 Å². The van der Waals surface area contributed by atoms with Crippen molar-refractivity contribution < 1.29 is 0 Å². The fourth-order valence-corrected chi connectivity index (χ4v) is 3.27. The van der Waals surface area contributed by atoms with Gasteiger partial charge in [0, 0.05) is 37.0 Å². The third-order valence-electron chi connectivity index (χ3n) is 5.53. The SMILES string of the molecule is CCNC(=NCc1nnc2n1CCC2)N1CC(C)(C)C1(C)C.I. The zero-order valence-corrected chi connectivity index (χ0v) is 17.2. The first-order valence-electron chi connectivity index (χ1n) is 8.34. The molecule has 0 atom stereocenters. The quantitative estimate of drug-likeness (QED) is 0.453. The van der Waals surface area contributed by atoms with Crippen LogP contribution in [0.2, 0.25) is 0 Å². The zero-order chi connectivity index (χ0) is 16.0. The van der Waals surface area contributed by atoms with Gasteiger partial charge in [-0.3, -0.25) is 0 Å². The van der Waals surface area contributed by atoms with Crippen LogP contribution in [-0.4, -0.2) is 44.3 Å². The minimum Gasteiger partial charge on any atom is -0.356 e. The molecule has 0 radical (unpaired) electrons.